The van der Waals surface area contributed by atoms with Crippen molar-refractivity contribution in [1.82, 2.24) is 0 Å². The van der Waals surface area contributed by atoms with Crippen molar-refractivity contribution in [2.45, 2.75) is 38.5 Å². The Morgan fingerprint density at radius 1 is 0.286 bits per heavy atom. The molecule has 0 aliphatic heterocycles. The van der Waals surface area contributed by atoms with Crippen LogP contribution in [0.5, 0.6) is 0 Å². The Hall–Kier alpha value is -9.30. The van der Waals surface area contributed by atoms with Crippen LogP contribution in [0.4, 0.5) is 17.1 Å². The van der Waals surface area contributed by atoms with Crippen molar-refractivity contribution in [1.29, 1.82) is 0 Å². The van der Waals surface area contributed by atoms with Gasteiger partial charge in [-0.1, -0.05) is 244 Å². The molecule has 0 N–H and O–H groups in total. The van der Waals surface area contributed by atoms with Crippen molar-refractivity contribution < 1.29 is 0 Å². The molecule has 2 aliphatic rings. The van der Waals surface area contributed by atoms with Crippen LogP contribution in [0.2, 0.25) is 0 Å². The molecular formula is C76H55N. The van der Waals surface area contributed by atoms with Crippen LogP contribution in [0.15, 0.2) is 261 Å². The van der Waals surface area contributed by atoms with Crippen molar-refractivity contribution >= 4 is 60.2 Å². The predicted molar refractivity (Wildman–Crippen MR) is 326 cm³/mol. The fourth-order valence-corrected chi connectivity index (χ4v) is 14.0. The minimum absolute atomic E-state index is 0.280. The maximum atomic E-state index is 2.51. The molecule has 13 aromatic carbocycles. The minimum atomic E-state index is -0.450. The fourth-order valence-electron chi connectivity index (χ4n) is 14.0. The SMILES string of the molecule is Cc1ccc(N(c2ccc3c(c2)C(C)(C)c2cc(-c4c5ccccc5c(-c5ccc(C6(c7ccccc7)c7ccccc7-c7ccccc76)cc5)c5ccccc45)ccc2-3)c2ccc(C)c3ccccc23)c2ccccc12. The normalized spacial score (nSPS) is 13.7. The van der Waals surface area contributed by atoms with Gasteiger partial charge in [-0.05, 0) is 166 Å². The molecule has 0 spiro atoms. The first-order valence-electron chi connectivity index (χ1n) is 27.2. The summed E-state index contributed by atoms with van der Waals surface area (Å²) >= 11 is 0. The van der Waals surface area contributed by atoms with Gasteiger partial charge in [0.15, 0.2) is 0 Å². The lowest BCUT2D eigenvalue weighted by atomic mass is 9.67. The summed E-state index contributed by atoms with van der Waals surface area (Å²) in [7, 11) is 0. The van der Waals surface area contributed by atoms with Crippen molar-refractivity contribution in [2.24, 2.45) is 0 Å². The highest BCUT2D eigenvalue weighted by molar-refractivity contribution is 6.21. The van der Waals surface area contributed by atoms with Crippen LogP contribution in [-0.4, -0.2) is 0 Å². The highest BCUT2D eigenvalue weighted by atomic mass is 15.1. The molecule has 77 heavy (non-hydrogen) atoms. The van der Waals surface area contributed by atoms with E-state index in [9.17, 15) is 0 Å². The summed E-state index contributed by atoms with van der Waals surface area (Å²) in [5.41, 5.74) is 23.4. The van der Waals surface area contributed by atoms with Gasteiger partial charge in [0.1, 0.15) is 0 Å². The number of anilines is 3. The topological polar surface area (TPSA) is 3.24 Å². The second-order valence-corrected chi connectivity index (χ2v) is 22.0. The lowest BCUT2D eigenvalue weighted by Crippen LogP contribution is -2.28. The summed E-state index contributed by atoms with van der Waals surface area (Å²) in [6.07, 6.45) is 0. The molecule has 0 unspecified atom stereocenters. The number of fused-ring (bicyclic) bond motifs is 10. The second kappa shape index (κ2) is 17.1. The van der Waals surface area contributed by atoms with E-state index >= 15 is 0 Å². The third-order valence-electron chi connectivity index (χ3n) is 17.6. The lowest BCUT2D eigenvalue weighted by molar-refractivity contribution is 0.660. The molecule has 0 fully saturated rings. The van der Waals surface area contributed by atoms with E-state index in [-0.39, 0.29) is 5.41 Å². The largest absolute Gasteiger partial charge is 0.309 e. The summed E-state index contributed by atoms with van der Waals surface area (Å²) in [5, 5.41) is 10.0. The van der Waals surface area contributed by atoms with Gasteiger partial charge >= 0.3 is 0 Å². The summed E-state index contributed by atoms with van der Waals surface area (Å²) in [5.74, 6) is 0. The fraction of sp³-hybridized carbons (Fsp3) is 0.0789. The van der Waals surface area contributed by atoms with Gasteiger partial charge in [0.2, 0.25) is 0 Å². The van der Waals surface area contributed by atoms with E-state index in [2.05, 4.69) is 293 Å². The zero-order valence-electron chi connectivity index (χ0n) is 43.8. The average molecular weight is 982 g/mol. The average Bonchev–Trinajstić information content (AvgIpc) is 4.15. The molecule has 0 saturated heterocycles. The molecule has 1 nitrogen and oxygen atoms in total. The van der Waals surface area contributed by atoms with Gasteiger partial charge < -0.3 is 4.90 Å². The van der Waals surface area contributed by atoms with E-state index in [4.69, 9.17) is 0 Å². The van der Waals surface area contributed by atoms with Crippen LogP contribution >= 0.6 is 0 Å². The number of hydrogen-bond donors (Lipinski definition) is 0. The van der Waals surface area contributed by atoms with E-state index in [0.717, 1.165) is 5.69 Å². The van der Waals surface area contributed by atoms with Crippen LogP contribution in [0.3, 0.4) is 0 Å². The van der Waals surface area contributed by atoms with Crippen LogP contribution in [0.25, 0.3) is 87.6 Å². The van der Waals surface area contributed by atoms with Crippen molar-refractivity contribution in [2.75, 3.05) is 4.90 Å². The van der Waals surface area contributed by atoms with Crippen LogP contribution in [0, 0.1) is 13.8 Å². The monoisotopic (exact) mass is 981 g/mol. The maximum Gasteiger partial charge on any atom is 0.0713 e. The Labute approximate surface area is 451 Å². The van der Waals surface area contributed by atoms with Gasteiger partial charge in [-0.3, -0.25) is 0 Å². The number of nitrogens with zero attached hydrogens (tertiary/aromatic N) is 1. The molecule has 13 aromatic rings. The van der Waals surface area contributed by atoms with E-state index < -0.39 is 5.41 Å². The van der Waals surface area contributed by atoms with Crippen molar-refractivity contribution in [3.05, 3.63) is 305 Å². The Morgan fingerprint density at radius 2 is 0.675 bits per heavy atom. The van der Waals surface area contributed by atoms with Crippen molar-refractivity contribution in [3.63, 3.8) is 0 Å². The Morgan fingerprint density at radius 3 is 1.21 bits per heavy atom. The summed E-state index contributed by atoms with van der Waals surface area (Å²) in [4.78, 5) is 2.51. The minimum Gasteiger partial charge on any atom is -0.309 e. The summed E-state index contributed by atoms with van der Waals surface area (Å²) in [6.45, 7) is 9.28. The first kappa shape index (κ1) is 45.1. The first-order chi connectivity index (χ1) is 37.8. The molecule has 0 aromatic heterocycles. The van der Waals surface area contributed by atoms with E-state index in [0.29, 0.717) is 0 Å². The van der Waals surface area contributed by atoms with Crippen molar-refractivity contribution in [3.8, 4) is 44.5 Å². The van der Waals surface area contributed by atoms with Gasteiger partial charge in [-0.2, -0.15) is 0 Å². The Kier molecular flexibility index (Phi) is 10.0. The molecule has 0 saturated carbocycles. The smallest absolute Gasteiger partial charge is 0.0713 e. The number of hydrogen-bond acceptors (Lipinski definition) is 1. The van der Waals surface area contributed by atoms with Gasteiger partial charge in [-0.25, -0.2) is 0 Å². The quantitative estimate of drug-likeness (QED) is 0.144. The molecule has 0 amide bonds. The molecule has 15 rings (SSSR count). The molecule has 0 atom stereocenters. The summed E-state index contributed by atoms with van der Waals surface area (Å²) < 4.78 is 0. The first-order valence-corrected chi connectivity index (χ1v) is 27.2. The highest BCUT2D eigenvalue weighted by Gasteiger charge is 2.46. The van der Waals surface area contributed by atoms with Gasteiger partial charge in [0.25, 0.3) is 0 Å². The summed E-state index contributed by atoms with van der Waals surface area (Å²) in [6, 6.07) is 98.2. The zero-order valence-corrected chi connectivity index (χ0v) is 43.8. The molecule has 1 heteroatoms. The molecule has 0 bridgehead atoms. The van der Waals surface area contributed by atoms with Gasteiger partial charge in [0.05, 0.1) is 16.8 Å². The standard InChI is InChI=1S/C76H55N/c1-48-34-44-71(61-26-10-8-22-55(48)61)77(72-45-35-49(2)56-23-9-11-27-62(56)72)54-41-43-60-59-42-38-51(46-69(59)75(3,4)70(60)47-54)74-65-30-14-12-28-63(65)73(64-29-13-15-31-66(64)74)50-36-39-53(40-37-50)76(52-20-6-5-7-21-52)67-32-18-16-24-57(67)58-25-17-19-33-68(58)76/h5-47H,1-4H3. The maximum absolute atomic E-state index is 2.51. The number of rotatable bonds is 7. The van der Waals surface area contributed by atoms with Crippen LogP contribution in [-0.2, 0) is 10.8 Å². The third-order valence-corrected chi connectivity index (χ3v) is 17.6. The Bertz CT molecular complexity index is 4370. The van der Waals surface area contributed by atoms with Gasteiger partial charge in [0, 0.05) is 21.9 Å². The number of aryl methyl sites for hydroxylation is 2. The highest BCUT2D eigenvalue weighted by Crippen LogP contribution is 2.57. The van der Waals surface area contributed by atoms with Crippen LogP contribution < -0.4 is 4.90 Å². The second-order valence-electron chi connectivity index (χ2n) is 22.0. The predicted octanol–water partition coefficient (Wildman–Crippen LogP) is 20.4. The van der Waals surface area contributed by atoms with Crippen LogP contribution in [0.1, 0.15) is 58.4 Å². The van der Waals surface area contributed by atoms with E-state index in [1.807, 2.05) is 0 Å². The van der Waals surface area contributed by atoms with Gasteiger partial charge in [-0.15, -0.1) is 0 Å². The van der Waals surface area contributed by atoms with E-state index in [1.54, 1.807) is 0 Å². The molecular weight excluding hydrogens is 927 g/mol. The number of benzene rings is 13. The molecule has 364 valence electrons. The molecule has 2 aliphatic carbocycles. The molecule has 0 radical (unpaired) electrons. The lowest BCUT2D eigenvalue weighted by Gasteiger charge is -2.34. The Balaban J connectivity index is 0.864. The zero-order chi connectivity index (χ0) is 51.6. The third kappa shape index (κ3) is 6.54. The molecule has 0 heterocycles. The van der Waals surface area contributed by atoms with E-state index in [1.165, 1.54) is 143 Å².